The first-order valence-electron chi connectivity index (χ1n) is 11.7. The number of anilines is 3. The highest BCUT2D eigenvalue weighted by atomic mass is 35.5. The summed E-state index contributed by atoms with van der Waals surface area (Å²) in [6, 6.07) is 11.7. The van der Waals surface area contributed by atoms with Crippen molar-refractivity contribution in [3.63, 3.8) is 0 Å². The number of aryl methyl sites for hydroxylation is 1. The minimum Gasteiger partial charge on any atom is -0.372 e. The molecule has 0 atom stereocenters. The summed E-state index contributed by atoms with van der Waals surface area (Å²) in [6.45, 7) is 5.86. The Morgan fingerprint density at radius 1 is 1.06 bits per heavy atom. The number of nitrogens with one attached hydrogen (secondary N) is 1. The first kappa shape index (κ1) is 22.0. The monoisotopic (exact) mass is 465 g/mol. The molecule has 0 aliphatic carbocycles. The quantitative estimate of drug-likeness (QED) is 0.507. The van der Waals surface area contributed by atoms with Crippen molar-refractivity contribution in [1.82, 2.24) is 9.97 Å². The van der Waals surface area contributed by atoms with E-state index < -0.39 is 0 Å². The smallest absolute Gasteiger partial charge is 0.172 e. The van der Waals surface area contributed by atoms with Gasteiger partial charge in [-0.25, -0.2) is 14.4 Å². The fourth-order valence-electron chi connectivity index (χ4n) is 4.67. The molecule has 2 aliphatic rings. The highest BCUT2D eigenvalue weighted by Gasteiger charge is 2.23. The van der Waals surface area contributed by atoms with E-state index in [1.165, 1.54) is 37.4 Å². The van der Waals surface area contributed by atoms with Gasteiger partial charge in [0, 0.05) is 49.5 Å². The molecule has 7 heteroatoms. The van der Waals surface area contributed by atoms with Crippen LogP contribution in [0.5, 0.6) is 0 Å². The number of rotatable bonds is 4. The van der Waals surface area contributed by atoms with Crippen LogP contribution in [0.25, 0.3) is 11.3 Å². The van der Waals surface area contributed by atoms with Gasteiger partial charge in [0.05, 0.1) is 16.9 Å². The number of hydrogen-bond donors (Lipinski definition) is 1. The Morgan fingerprint density at radius 2 is 1.88 bits per heavy atom. The molecule has 0 unspecified atom stereocenters. The summed E-state index contributed by atoms with van der Waals surface area (Å²) in [7, 11) is 0. The van der Waals surface area contributed by atoms with Crippen molar-refractivity contribution in [2.75, 3.05) is 41.3 Å². The van der Waals surface area contributed by atoms with E-state index in [0.29, 0.717) is 23.7 Å². The van der Waals surface area contributed by atoms with Gasteiger partial charge in [0.15, 0.2) is 11.6 Å². The van der Waals surface area contributed by atoms with E-state index in [1.54, 1.807) is 6.07 Å². The lowest BCUT2D eigenvalue weighted by atomic mass is 10.1. The fourth-order valence-corrected chi connectivity index (χ4v) is 4.89. The largest absolute Gasteiger partial charge is 0.372 e. The Kier molecular flexibility index (Phi) is 6.36. The lowest BCUT2D eigenvalue weighted by molar-refractivity contribution is 0.602. The van der Waals surface area contributed by atoms with Gasteiger partial charge in [0.1, 0.15) is 5.82 Å². The summed E-state index contributed by atoms with van der Waals surface area (Å²) in [5.41, 5.74) is 4.46. The number of aromatic nitrogens is 2. The van der Waals surface area contributed by atoms with Gasteiger partial charge >= 0.3 is 0 Å². The summed E-state index contributed by atoms with van der Waals surface area (Å²) in [5.74, 6) is 1.16. The van der Waals surface area contributed by atoms with Crippen molar-refractivity contribution in [3.05, 3.63) is 64.6 Å². The third-order valence-electron chi connectivity index (χ3n) is 6.57. The average Bonchev–Trinajstić information content (AvgIpc) is 3.14. The SMILES string of the molecule is Cc1ccc(F)c(CN2CCNc3ncc(-c4cccc(N5CCCCCC5)c4)nc32)c1Cl. The van der Waals surface area contributed by atoms with Gasteiger partial charge in [-0.2, -0.15) is 0 Å². The third kappa shape index (κ3) is 4.62. The molecular formula is C26H29ClFN5. The van der Waals surface area contributed by atoms with E-state index in [2.05, 4.69) is 44.4 Å². The average molecular weight is 466 g/mol. The van der Waals surface area contributed by atoms with Crippen LogP contribution in [0.1, 0.15) is 36.8 Å². The molecule has 0 spiro atoms. The van der Waals surface area contributed by atoms with Crippen molar-refractivity contribution in [1.29, 1.82) is 0 Å². The van der Waals surface area contributed by atoms with Crippen LogP contribution in [-0.2, 0) is 6.54 Å². The lowest BCUT2D eigenvalue weighted by Gasteiger charge is -2.31. The van der Waals surface area contributed by atoms with Gasteiger partial charge in [-0.3, -0.25) is 0 Å². The van der Waals surface area contributed by atoms with E-state index >= 15 is 0 Å². The highest BCUT2D eigenvalue weighted by molar-refractivity contribution is 6.32. The molecule has 5 rings (SSSR count). The molecule has 1 aromatic heterocycles. The summed E-state index contributed by atoms with van der Waals surface area (Å²) >= 11 is 6.45. The van der Waals surface area contributed by atoms with Crippen LogP contribution in [0.15, 0.2) is 42.6 Å². The predicted molar refractivity (Wildman–Crippen MR) is 134 cm³/mol. The zero-order chi connectivity index (χ0) is 22.8. The molecule has 2 aliphatic heterocycles. The number of fused-ring (bicyclic) bond motifs is 1. The van der Waals surface area contributed by atoms with Crippen LogP contribution in [-0.4, -0.2) is 36.1 Å². The van der Waals surface area contributed by atoms with Crippen LogP contribution in [0.2, 0.25) is 5.02 Å². The summed E-state index contributed by atoms with van der Waals surface area (Å²) in [4.78, 5) is 14.1. The summed E-state index contributed by atoms with van der Waals surface area (Å²) < 4.78 is 14.6. The van der Waals surface area contributed by atoms with E-state index in [9.17, 15) is 4.39 Å². The molecule has 2 aromatic carbocycles. The molecule has 3 heterocycles. The Labute approximate surface area is 199 Å². The number of hydrogen-bond acceptors (Lipinski definition) is 5. The molecule has 0 radical (unpaired) electrons. The molecule has 0 amide bonds. The molecule has 1 fully saturated rings. The van der Waals surface area contributed by atoms with Gasteiger partial charge in [0.25, 0.3) is 0 Å². The zero-order valence-corrected chi connectivity index (χ0v) is 19.7. The Hall–Kier alpha value is -2.86. The standard InChI is InChI=1S/C26H29ClFN5/c1-18-9-10-22(28)21(24(18)27)17-33-14-11-29-25-26(33)31-23(16-30-25)19-7-6-8-20(15-19)32-12-4-2-3-5-13-32/h6-10,15-16H,2-5,11-14,17H2,1H3,(H,29,30). The zero-order valence-electron chi connectivity index (χ0n) is 19.0. The van der Waals surface area contributed by atoms with Crippen molar-refractivity contribution >= 4 is 28.9 Å². The molecule has 3 aromatic rings. The predicted octanol–water partition coefficient (Wildman–Crippen LogP) is 6.06. The van der Waals surface area contributed by atoms with Crippen molar-refractivity contribution < 1.29 is 4.39 Å². The van der Waals surface area contributed by atoms with Gasteiger partial charge < -0.3 is 15.1 Å². The Morgan fingerprint density at radius 3 is 2.70 bits per heavy atom. The second-order valence-electron chi connectivity index (χ2n) is 8.88. The molecule has 5 nitrogen and oxygen atoms in total. The molecule has 33 heavy (non-hydrogen) atoms. The maximum Gasteiger partial charge on any atom is 0.172 e. The number of halogens is 2. The van der Waals surface area contributed by atoms with Crippen molar-refractivity contribution in [2.24, 2.45) is 0 Å². The van der Waals surface area contributed by atoms with Crippen LogP contribution in [0.4, 0.5) is 21.7 Å². The lowest BCUT2D eigenvalue weighted by Crippen LogP contribution is -2.35. The fraction of sp³-hybridized carbons (Fsp3) is 0.385. The van der Waals surface area contributed by atoms with Crippen LogP contribution in [0, 0.1) is 12.7 Å². The molecule has 1 N–H and O–H groups in total. The van der Waals surface area contributed by atoms with Gasteiger partial charge in [-0.15, -0.1) is 0 Å². The second-order valence-corrected chi connectivity index (χ2v) is 9.26. The molecular weight excluding hydrogens is 437 g/mol. The molecule has 0 saturated carbocycles. The highest BCUT2D eigenvalue weighted by Crippen LogP contribution is 2.33. The van der Waals surface area contributed by atoms with Gasteiger partial charge in [-0.1, -0.05) is 42.6 Å². The summed E-state index contributed by atoms with van der Waals surface area (Å²) in [5, 5.41) is 3.79. The Balaban J connectivity index is 1.46. The number of benzene rings is 2. The topological polar surface area (TPSA) is 44.3 Å². The molecule has 0 bridgehead atoms. The normalized spacial score (nSPS) is 16.2. The second kappa shape index (κ2) is 9.56. The molecule has 1 saturated heterocycles. The number of nitrogens with zero attached hydrogens (tertiary/aromatic N) is 4. The van der Waals surface area contributed by atoms with E-state index in [0.717, 1.165) is 48.1 Å². The van der Waals surface area contributed by atoms with E-state index in [1.807, 2.05) is 13.1 Å². The first-order valence-corrected chi connectivity index (χ1v) is 12.1. The Bertz CT molecular complexity index is 1140. The third-order valence-corrected chi connectivity index (χ3v) is 7.10. The maximum atomic E-state index is 14.6. The van der Waals surface area contributed by atoms with Crippen LogP contribution in [0.3, 0.4) is 0 Å². The van der Waals surface area contributed by atoms with Crippen molar-refractivity contribution in [2.45, 2.75) is 39.2 Å². The van der Waals surface area contributed by atoms with E-state index in [-0.39, 0.29) is 5.82 Å². The minimum absolute atomic E-state index is 0.292. The van der Waals surface area contributed by atoms with Gasteiger partial charge in [-0.05, 0) is 43.5 Å². The van der Waals surface area contributed by atoms with Crippen LogP contribution < -0.4 is 15.1 Å². The first-order chi connectivity index (χ1) is 16.1. The van der Waals surface area contributed by atoms with Gasteiger partial charge in [0.2, 0.25) is 0 Å². The van der Waals surface area contributed by atoms with E-state index in [4.69, 9.17) is 16.6 Å². The van der Waals surface area contributed by atoms with Crippen molar-refractivity contribution in [3.8, 4) is 11.3 Å². The molecule has 172 valence electrons. The minimum atomic E-state index is -0.292. The summed E-state index contributed by atoms with van der Waals surface area (Å²) in [6.07, 6.45) is 6.90. The maximum absolute atomic E-state index is 14.6. The van der Waals surface area contributed by atoms with Crippen LogP contribution >= 0.6 is 11.6 Å².